The molecule has 3 rings (SSSR count). The molecule has 0 saturated heterocycles. The lowest BCUT2D eigenvalue weighted by Gasteiger charge is -2.19. The second-order valence-corrected chi connectivity index (χ2v) is 5.50. The van der Waals surface area contributed by atoms with E-state index in [4.69, 9.17) is 10.5 Å². The van der Waals surface area contributed by atoms with Crippen LogP contribution in [0.15, 0.2) is 12.7 Å². The van der Waals surface area contributed by atoms with Gasteiger partial charge in [0.15, 0.2) is 11.5 Å². The molecule has 6 nitrogen and oxygen atoms in total. The summed E-state index contributed by atoms with van der Waals surface area (Å²) in [5.41, 5.74) is 7.03. The molecule has 0 amide bonds. The van der Waals surface area contributed by atoms with Crippen molar-refractivity contribution in [3.8, 4) is 0 Å². The molecule has 2 N–H and O–H groups in total. The van der Waals surface area contributed by atoms with Crippen molar-refractivity contribution < 1.29 is 4.74 Å². The second-order valence-electron chi connectivity index (χ2n) is 5.50. The monoisotopic (exact) mass is 246 g/mol. The van der Waals surface area contributed by atoms with Crippen molar-refractivity contribution in [3.05, 3.63) is 19.8 Å². The second kappa shape index (κ2) is 3.41. The van der Waals surface area contributed by atoms with E-state index in [1.54, 1.807) is 6.33 Å². The molecule has 2 heterocycles. The number of anilines is 1. The molecule has 1 aliphatic rings. The molecule has 1 fully saturated rings. The van der Waals surface area contributed by atoms with E-state index in [0.29, 0.717) is 17.9 Å². The van der Waals surface area contributed by atoms with Gasteiger partial charge in [0.25, 0.3) is 0 Å². The van der Waals surface area contributed by atoms with Gasteiger partial charge in [-0.15, -0.1) is 0 Å². The number of ether oxygens (including phenoxy) is 1. The summed E-state index contributed by atoms with van der Waals surface area (Å²) >= 11 is 0. The van der Waals surface area contributed by atoms with Crippen LogP contribution in [0.4, 0.5) is 5.82 Å². The SMILES string of the molecule is [CH2]OC1(Cn2cnc3c(N)ncnc32)CC1(C)C. The van der Waals surface area contributed by atoms with Gasteiger partial charge in [0.1, 0.15) is 11.8 Å². The molecule has 6 heteroatoms. The van der Waals surface area contributed by atoms with Gasteiger partial charge in [0.05, 0.1) is 25.6 Å². The number of nitrogens with two attached hydrogens (primary N) is 1. The smallest absolute Gasteiger partial charge is 0.165 e. The maximum Gasteiger partial charge on any atom is 0.165 e. The minimum atomic E-state index is -0.236. The third-order valence-electron chi connectivity index (χ3n) is 3.97. The number of hydrogen-bond donors (Lipinski definition) is 1. The number of nitrogens with zero attached hydrogens (tertiary/aromatic N) is 4. The molecule has 0 aliphatic heterocycles. The highest BCUT2D eigenvalue weighted by molar-refractivity contribution is 5.81. The fraction of sp³-hybridized carbons (Fsp3) is 0.500. The first-order chi connectivity index (χ1) is 8.49. The van der Waals surface area contributed by atoms with Gasteiger partial charge in [-0.3, -0.25) is 0 Å². The molecule has 1 saturated carbocycles. The van der Waals surface area contributed by atoms with E-state index in [1.165, 1.54) is 6.33 Å². The summed E-state index contributed by atoms with van der Waals surface area (Å²) in [6.07, 6.45) is 4.15. The van der Waals surface area contributed by atoms with Gasteiger partial charge in [0.2, 0.25) is 0 Å². The third-order valence-corrected chi connectivity index (χ3v) is 3.97. The van der Waals surface area contributed by atoms with Gasteiger partial charge in [0, 0.05) is 0 Å². The van der Waals surface area contributed by atoms with Gasteiger partial charge >= 0.3 is 0 Å². The highest BCUT2D eigenvalue weighted by Crippen LogP contribution is 2.59. The lowest BCUT2D eigenvalue weighted by Crippen LogP contribution is -2.25. The van der Waals surface area contributed by atoms with Crippen LogP contribution in [0.3, 0.4) is 0 Å². The van der Waals surface area contributed by atoms with Gasteiger partial charge in [-0.25, -0.2) is 15.0 Å². The standard InChI is InChI=1S/C12H16N5O/c1-11(2)4-12(11,18-3)5-17-7-16-8-9(13)14-6-15-10(8)17/h6-7H,3-5H2,1-2H3,(H2,13,14,15). The summed E-state index contributed by atoms with van der Waals surface area (Å²) < 4.78 is 7.39. The van der Waals surface area contributed by atoms with Crippen LogP contribution >= 0.6 is 0 Å². The molecule has 1 radical (unpaired) electrons. The topological polar surface area (TPSA) is 78.9 Å². The molecule has 1 atom stereocenters. The zero-order valence-electron chi connectivity index (χ0n) is 10.6. The molecule has 0 bridgehead atoms. The van der Waals surface area contributed by atoms with E-state index in [-0.39, 0.29) is 11.0 Å². The van der Waals surface area contributed by atoms with Gasteiger partial charge in [-0.1, -0.05) is 13.8 Å². The Labute approximate surface area is 105 Å². The maximum atomic E-state index is 5.76. The Morgan fingerprint density at radius 2 is 2.17 bits per heavy atom. The van der Waals surface area contributed by atoms with E-state index in [2.05, 4.69) is 35.9 Å². The van der Waals surface area contributed by atoms with Crippen molar-refractivity contribution in [3.63, 3.8) is 0 Å². The summed E-state index contributed by atoms with van der Waals surface area (Å²) in [4.78, 5) is 12.4. The van der Waals surface area contributed by atoms with Crippen molar-refractivity contribution >= 4 is 17.0 Å². The molecule has 1 aliphatic carbocycles. The van der Waals surface area contributed by atoms with Crippen LogP contribution in [-0.2, 0) is 11.3 Å². The predicted octanol–water partition coefficient (Wildman–Crippen LogP) is 1.39. The number of hydrogen-bond acceptors (Lipinski definition) is 5. The van der Waals surface area contributed by atoms with E-state index in [9.17, 15) is 0 Å². The minimum Gasteiger partial charge on any atom is -0.382 e. The fourth-order valence-corrected chi connectivity index (χ4v) is 2.52. The average molecular weight is 246 g/mol. The maximum absolute atomic E-state index is 5.76. The normalized spacial score (nSPS) is 25.5. The Morgan fingerprint density at radius 3 is 2.78 bits per heavy atom. The van der Waals surface area contributed by atoms with Crippen molar-refractivity contribution in [2.45, 2.75) is 32.4 Å². The summed E-state index contributed by atoms with van der Waals surface area (Å²) in [6, 6.07) is 0. The van der Waals surface area contributed by atoms with Crippen molar-refractivity contribution in [2.24, 2.45) is 5.41 Å². The highest BCUT2D eigenvalue weighted by atomic mass is 16.5. The van der Waals surface area contributed by atoms with Gasteiger partial charge < -0.3 is 15.0 Å². The van der Waals surface area contributed by atoms with Crippen molar-refractivity contribution in [1.29, 1.82) is 0 Å². The Morgan fingerprint density at radius 1 is 1.44 bits per heavy atom. The van der Waals surface area contributed by atoms with Crippen LogP contribution in [0.2, 0.25) is 0 Å². The fourth-order valence-electron chi connectivity index (χ4n) is 2.52. The first kappa shape index (κ1) is 11.4. The van der Waals surface area contributed by atoms with Crippen LogP contribution in [0.25, 0.3) is 11.2 Å². The summed E-state index contributed by atoms with van der Waals surface area (Å²) in [7, 11) is 3.60. The lowest BCUT2D eigenvalue weighted by atomic mass is 10.1. The number of nitrogen functional groups attached to an aromatic ring is 1. The van der Waals surface area contributed by atoms with E-state index in [0.717, 1.165) is 12.1 Å². The van der Waals surface area contributed by atoms with Gasteiger partial charge in [-0.2, -0.15) is 0 Å². The number of fused-ring (bicyclic) bond motifs is 1. The number of rotatable bonds is 3. The summed E-state index contributed by atoms with van der Waals surface area (Å²) in [6.45, 7) is 5.01. The number of aromatic nitrogens is 4. The minimum absolute atomic E-state index is 0.129. The largest absolute Gasteiger partial charge is 0.382 e. The molecule has 95 valence electrons. The Bertz CT molecular complexity index is 606. The number of imidazole rings is 1. The van der Waals surface area contributed by atoms with Crippen LogP contribution in [0.1, 0.15) is 20.3 Å². The Balaban J connectivity index is 2.00. The van der Waals surface area contributed by atoms with Crippen LogP contribution in [0, 0.1) is 12.5 Å². The Kier molecular flexibility index (Phi) is 2.16. The first-order valence-corrected chi connectivity index (χ1v) is 5.84. The average Bonchev–Trinajstić information content (AvgIpc) is 2.69. The zero-order valence-corrected chi connectivity index (χ0v) is 10.6. The van der Waals surface area contributed by atoms with Crippen LogP contribution in [0.5, 0.6) is 0 Å². The third kappa shape index (κ3) is 1.42. The van der Waals surface area contributed by atoms with Crippen LogP contribution < -0.4 is 5.73 Å². The molecular weight excluding hydrogens is 230 g/mol. The quantitative estimate of drug-likeness (QED) is 0.885. The van der Waals surface area contributed by atoms with Crippen molar-refractivity contribution in [2.75, 3.05) is 5.73 Å². The lowest BCUT2D eigenvalue weighted by molar-refractivity contribution is 0.0637. The van der Waals surface area contributed by atoms with Crippen molar-refractivity contribution in [1.82, 2.24) is 19.5 Å². The molecule has 18 heavy (non-hydrogen) atoms. The van der Waals surface area contributed by atoms with E-state index in [1.807, 2.05) is 4.57 Å². The van der Waals surface area contributed by atoms with E-state index < -0.39 is 0 Å². The molecule has 2 aromatic rings. The molecule has 0 spiro atoms. The predicted molar refractivity (Wildman–Crippen MR) is 67.3 cm³/mol. The Hall–Kier alpha value is -1.69. The molecule has 0 aromatic carbocycles. The first-order valence-electron chi connectivity index (χ1n) is 5.84. The molecular formula is C12H16N5O. The van der Waals surface area contributed by atoms with E-state index >= 15 is 0 Å². The summed E-state index contributed by atoms with van der Waals surface area (Å²) in [5, 5.41) is 0. The molecule has 2 aromatic heterocycles. The highest BCUT2D eigenvalue weighted by Gasteiger charge is 2.62. The zero-order chi connectivity index (χ0) is 13.0. The van der Waals surface area contributed by atoms with Crippen LogP contribution in [-0.4, -0.2) is 25.1 Å². The van der Waals surface area contributed by atoms with Gasteiger partial charge in [-0.05, 0) is 11.8 Å². The summed E-state index contributed by atoms with van der Waals surface area (Å²) in [5.74, 6) is 0.401. The molecule has 1 unspecified atom stereocenters.